The summed E-state index contributed by atoms with van der Waals surface area (Å²) in [5, 5.41) is 9.30. The Bertz CT molecular complexity index is 422. The van der Waals surface area contributed by atoms with Crippen LogP contribution >= 0.6 is 11.6 Å². The number of aromatic hydroxyl groups is 1. The lowest BCUT2D eigenvalue weighted by atomic mass is 10.2. The highest BCUT2D eigenvalue weighted by Crippen LogP contribution is 2.32. The zero-order valence-electron chi connectivity index (χ0n) is 8.81. The summed E-state index contributed by atoms with van der Waals surface area (Å²) in [6.07, 6.45) is 0.352. The van der Waals surface area contributed by atoms with E-state index >= 15 is 0 Å². The summed E-state index contributed by atoms with van der Waals surface area (Å²) in [7, 11) is 1.47. The lowest BCUT2D eigenvalue weighted by Gasteiger charge is -2.17. The van der Waals surface area contributed by atoms with Gasteiger partial charge in [-0.1, -0.05) is 0 Å². The maximum absolute atomic E-state index is 11.6. The molecule has 1 amide bonds. The summed E-state index contributed by atoms with van der Waals surface area (Å²) in [4.78, 5) is 13.2. The molecule has 0 aromatic heterocycles. The summed E-state index contributed by atoms with van der Waals surface area (Å²) < 4.78 is 4.99. The van der Waals surface area contributed by atoms with Gasteiger partial charge in [-0.3, -0.25) is 4.79 Å². The maximum Gasteiger partial charge on any atom is 0.228 e. The van der Waals surface area contributed by atoms with Gasteiger partial charge >= 0.3 is 0 Å². The van der Waals surface area contributed by atoms with Crippen LogP contribution in [0.4, 0.5) is 5.69 Å². The van der Waals surface area contributed by atoms with Crippen molar-refractivity contribution in [3.05, 3.63) is 18.2 Å². The molecule has 0 spiro atoms. The van der Waals surface area contributed by atoms with Crippen LogP contribution in [-0.2, 0) is 4.79 Å². The summed E-state index contributed by atoms with van der Waals surface area (Å²) in [5.41, 5.74) is 0.697. The molecule has 1 unspecified atom stereocenters. The molecule has 0 saturated carbocycles. The number of phenols is 1. The third-order valence-electron chi connectivity index (χ3n) is 2.55. The Morgan fingerprint density at radius 1 is 1.56 bits per heavy atom. The molecule has 1 aromatic rings. The van der Waals surface area contributed by atoms with Crippen molar-refractivity contribution in [3.63, 3.8) is 0 Å². The quantitative estimate of drug-likeness (QED) is 0.803. The van der Waals surface area contributed by atoms with E-state index in [1.807, 2.05) is 0 Å². The number of carbonyl (C=O) groups excluding carboxylic acids is 1. The van der Waals surface area contributed by atoms with E-state index in [2.05, 4.69) is 0 Å². The average molecular weight is 242 g/mol. The highest BCUT2D eigenvalue weighted by Gasteiger charge is 2.29. The molecule has 0 radical (unpaired) electrons. The van der Waals surface area contributed by atoms with Gasteiger partial charge in [0.05, 0.1) is 12.5 Å². The van der Waals surface area contributed by atoms with Gasteiger partial charge in [-0.15, -0.1) is 11.6 Å². The van der Waals surface area contributed by atoms with E-state index in [0.717, 1.165) is 0 Å². The molecule has 0 bridgehead atoms. The molecule has 1 N–H and O–H groups in total. The standard InChI is InChI=1S/C11H12ClNO3/c1-16-10-5-8(2-3-9(10)14)13-6-7(12)4-11(13)15/h2-3,5,7,14H,4,6H2,1H3. The minimum atomic E-state index is -0.146. The van der Waals surface area contributed by atoms with Crippen molar-refractivity contribution in [2.45, 2.75) is 11.8 Å². The Morgan fingerprint density at radius 2 is 2.31 bits per heavy atom. The highest BCUT2D eigenvalue weighted by molar-refractivity contribution is 6.24. The fraction of sp³-hybridized carbons (Fsp3) is 0.364. The maximum atomic E-state index is 11.6. The third-order valence-corrected chi connectivity index (χ3v) is 2.85. The van der Waals surface area contributed by atoms with Crippen molar-refractivity contribution in [1.29, 1.82) is 0 Å². The number of ether oxygens (including phenoxy) is 1. The van der Waals surface area contributed by atoms with E-state index in [1.165, 1.54) is 13.2 Å². The van der Waals surface area contributed by atoms with Crippen LogP contribution in [0.5, 0.6) is 11.5 Å². The molecule has 1 fully saturated rings. The van der Waals surface area contributed by atoms with Crippen molar-refractivity contribution in [2.24, 2.45) is 0 Å². The predicted octanol–water partition coefficient (Wildman–Crippen LogP) is 1.74. The van der Waals surface area contributed by atoms with Gasteiger partial charge in [-0.25, -0.2) is 0 Å². The van der Waals surface area contributed by atoms with Gasteiger partial charge in [0, 0.05) is 24.7 Å². The molecular formula is C11H12ClNO3. The van der Waals surface area contributed by atoms with Gasteiger partial charge in [0.1, 0.15) is 0 Å². The van der Waals surface area contributed by atoms with Crippen LogP contribution in [0.25, 0.3) is 0 Å². The first-order valence-electron chi connectivity index (χ1n) is 4.93. The number of hydrogen-bond acceptors (Lipinski definition) is 3. The van der Waals surface area contributed by atoms with Crippen LogP contribution in [0, 0.1) is 0 Å². The summed E-state index contributed by atoms with van der Waals surface area (Å²) in [6, 6.07) is 4.80. The second-order valence-electron chi connectivity index (χ2n) is 3.66. The largest absolute Gasteiger partial charge is 0.504 e. The molecule has 16 heavy (non-hydrogen) atoms. The topological polar surface area (TPSA) is 49.8 Å². The molecule has 5 heteroatoms. The Morgan fingerprint density at radius 3 is 2.88 bits per heavy atom. The second kappa shape index (κ2) is 4.22. The fourth-order valence-corrected chi connectivity index (χ4v) is 2.02. The van der Waals surface area contributed by atoms with Gasteiger partial charge in [0.25, 0.3) is 0 Å². The van der Waals surface area contributed by atoms with Gasteiger partial charge in [0.15, 0.2) is 11.5 Å². The number of methoxy groups -OCH3 is 1. The van der Waals surface area contributed by atoms with Crippen molar-refractivity contribution < 1.29 is 14.6 Å². The molecule has 2 rings (SSSR count). The number of anilines is 1. The van der Waals surface area contributed by atoms with Crippen molar-refractivity contribution in [1.82, 2.24) is 0 Å². The number of nitrogens with zero attached hydrogens (tertiary/aromatic N) is 1. The van der Waals surface area contributed by atoms with Crippen molar-refractivity contribution in [2.75, 3.05) is 18.6 Å². The number of carbonyl (C=O) groups is 1. The molecule has 1 atom stereocenters. The monoisotopic (exact) mass is 241 g/mol. The lowest BCUT2D eigenvalue weighted by Crippen LogP contribution is -2.24. The second-order valence-corrected chi connectivity index (χ2v) is 4.28. The first-order valence-corrected chi connectivity index (χ1v) is 5.37. The molecule has 86 valence electrons. The zero-order valence-corrected chi connectivity index (χ0v) is 9.57. The van der Waals surface area contributed by atoms with E-state index in [9.17, 15) is 9.90 Å². The zero-order chi connectivity index (χ0) is 11.7. The van der Waals surface area contributed by atoms with Crippen molar-refractivity contribution in [3.8, 4) is 11.5 Å². The molecule has 1 aliphatic rings. The SMILES string of the molecule is COc1cc(N2CC(Cl)CC2=O)ccc1O. The van der Waals surface area contributed by atoms with Crippen LogP contribution in [0.2, 0.25) is 0 Å². The third kappa shape index (κ3) is 1.93. The Kier molecular flexibility index (Phi) is 2.92. The van der Waals surface area contributed by atoms with E-state index in [4.69, 9.17) is 16.3 Å². The predicted molar refractivity (Wildman–Crippen MR) is 61.3 cm³/mol. The Labute approximate surface area is 98.4 Å². The lowest BCUT2D eigenvalue weighted by molar-refractivity contribution is -0.117. The van der Waals surface area contributed by atoms with E-state index in [0.29, 0.717) is 24.4 Å². The summed E-state index contributed by atoms with van der Waals surface area (Å²) in [6.45, 7) is 0.494. The number of rotatable bonds is 2. The first-order chi connectivity index (χ1) is 7.61. The van der Waals surface area contributed by atoms with E-state index < -0.39 is 0 Å². The average Bonchev–Trinajstić information content (AvgIpc) is 2.59. The van der Waals surface area contributed by atoms with Crippen LogP contribution in [0.3, 0.4) is 0 Å². The number of halogens is 1. The number of amides is 1. The molecule has 1 heterocycles. The van der Waals surface area contributed by atoms with E-state index in [1.54, 1.807) is 17.0 Å². The van der Waals surface area contributed by atoms with Gasteiger partial charge < -0.3 is 14.7 Å². The number of hydrogen-bond donors (Lipinski definition) is 1. The molecule has 1 aromatic carbocycles. The van der Waals surface area contributed by atoms with E-state index in [-0.39, 0.29) is 17.0 Å². The van der Waals surface area contributed by atoms with Crippen LogP contribution in [0.1, 0.15) is 6.42 Å². The van der Waals surface area contributed by atoms with Crippen LogP contribution in [-0.4, -0.2) is 30.0 Å². The van der Waals surface area contributed by atoms with Crippen molar-refractivity contribution >= 4 is 23.2 Å². The minimum Gasteiger partial charge on any atom is -0.504 e. The Hall–Kier alpha value is -1.42. The number of phenolic OH excluding ortho intramolecular Hbond substituents is 1. The van der Waals surface area contributed by atoms with Crippen LogP contribution < -0.4 is 9.64 Å². The normalized spacial score (nSPS) is 20.2. The molecule has 0 aliphatic carbocycles. The smallest absolute Gasteiger partial charge is 0.228 e. The molecule has 1 saturated heterocycles. The molecule has 4 nitrogen and oxygen atoms in total. The number of alkyl halides is 1. The summed E-state index contributed by atoms with van der Waals surface area (Å²) in [5.74, 6) is 0.399. The highest BCUT2D eigenvalue weighted by atomic mass is 35.5. The minimum absolute atomic E-state index is 0.00672. The molecular weight excluding hydrogens is 230 g/mol. The van der Waals surface area contributed by atoms with Gasteiger partial charge in [0.2, 0.25) is 5.91 Å². The first kappa shape index (κ1) is 11.1. The molecule has 1 aliphatic heterocycles. The summed E-state index contributed by atoms with van der Waals surface area (Å²) >= 11 is 5.91. The van der Waals surface area contributed by atoms with Gasteiger partial charge in [-0.2, -0.15) is 0 Å². The Balaban J connectivity index is 2.30. The van der Waals surface area contributed by atoms with Gasteiger partial charge in [-0.05, 0) is 12.1 Å². The number of benzene rings is 1. The fourth-order valence-electron chi connectivity index (χ4n) is 1.75. The van der Waals surface area contributed by atoms with Crippen LogP contribution in [0.15, 0.2) is 18.2 Å².